The summed E-state index contributed by atoms with van der Waals surface area (Å²) >= 11 is 0. The maximum absolute atomic E-state index is 11.7. The standard InChI is InChI=1S/C32H62O3P/c1-3-5-7-9-11-13-15-17-19-21-23-25-27-29-31-34-36(33)35-32-30-28-26-24-22-20-18-16-14-12-10-8-6-4-2/h29-32H,3-28H2,1-2H3/q+1/b31-29+,32-30+. The highest BCUT2D eigenvalue weighted by Gasteiger charge is 2.16. The van der Waals surface area contributed by atoms with Crippen LogP contribution in [0.15, 0.2) is 24.7 Å². The molecule has 0 saturated carbocycles. The maximum Gasteiger partial charge on any atom is 0.804 e. The van der Waals surface area contributed by atoms with Crippen molar-refractivity contribution in [3.8, 4) is 0 Å². The minimum Gasteiger partial charge on any atom is -0.231 e. The highest BCUT2D eigenvalue weighted by atomic mass is 31.1. The average molecular weight is 526 g/mol. The van der Waals surface area contributed by atoms with Crippen LogP contribution in [0.2, 0.25) is 0 Å². The fraction of sp³-hybridized carbons (Fsp3) is 0.875. The van der Waals surface area contributed by atoms with Gasteiger partial charge in [0.15, 0.2) is 12.5 Å². The molecular weight excluding hydrogens is 463 g/mol. The summed E-state index contributed by atoms with van der Waals surface area (Å²) in [6.07, 6.45) is 41.6. The lowest BCUT2D eigenvalue weighted by atomic mass is 10.0. The molecule has 0 unspecified atom stereocenters. The quantitative estimate of drug-likeness (QED) is 0.0531. The summed E-state index contributed by atoms with van der Waals surface area (Å²) in [5.74, 6) is 0. The van der Waals surface area contributed by atoms with Crippen molar-refractivity contribution >= 4 is 8.25 Å². The van der Waals surface area contributed by atoms with E-state index in [1.165, 1.54) is 167 Å². The molecule has 0 amide bonds. The van der Waals surface area contributed by atoms with Crippen LogP contribution in [0.1, 0.15) is 181 Å². The third kappa shape index (κ3) is 31.2. The molecule has 0 spiro atoms. The molecule has 0 aromatic rings. The van der Waals surface area contributed by atoms with Crippen LogP contribution in [0, 0.1) is 0 Å². The molecule has 0 N–H and O–H groups in total. The predicted molar refractivity (Wildman–Crippen MR) is 159 cm³/mol. The van der Waals surface area contributed by atoms with Gasteiger partial charge in [-0.2, -0.15) is 0 Å². The number of allylic oxidation sites excluding steroid dienone is 2. The van der Waals surface area contributed by atoms with Gasteiger partial charge >= 0.3 is 8.25 Å². The molecular formula is C32H62O3P+. The minimum absolute atomic E-state index is 0.982. The van der Waals surface area contributed by atoms with Crippen molar-refractivity contribution < 1.29 is 13.6 Å². The second kappa shape index (κ2) is 32.2. The molecule has 0 rings (SSSR count). The number of hydrogen-bond donors (Lipinski definition) is 0. The van der Waals surface area contributed by atoms with Crippen molar-refractivity contribution in [2.45, 2.75) is 181 Å². The van der Waals surface area contributed by atoms with E-state index in [0.29, 0.717) is 0 Å². The molecule has 0 aliphatic heterocycles. The SMILES string of the molecule is CCCCCCCCCCCCCC/C=C/O[P+](=O)O/C=C/CCCCCCCCCCCCCC. The predicted octanol–water partition coefficient (Wildman–Crippen LogP) is 12.9. The molecule has 0 saturated heterocycles. The lowest BCUT2D eigenvalue weighted by molar-refractivity contribution is 0.354. The van der Waals surface area contributed by atoms with Gasteiger partial charge in [-0.1, -0.05) is 155 Å². The lowest BCUT2D eigenvalue weighted by Gasteiger charge is -2.02. The minimum atomic E-state index is -2.09. The Morgan fingerprint density at radius 2 is 0.667 bits per heavy atom. The fourth-order valence-corrected chi connectivity index (χ4v) is 4.97. The van der Waals surface area contributed by atoms with Gasteiger partial charge in [0, 0.05) is 4.57 Å². The third-order valence-corrected chi connectivity index (χ3v) is 7.52. The number of rotatable bonds is 30. The molecule has 0 atom stereocenters. The van der Waals surface area contributed by atoms with E-state index in [0.717, 1.165) is 12.8 Å². The highest BCUT2D eigenvalue weighted by molar-refractivity contribution is 7.33. The van der Waals surface area contributed by atoms with Crippen LogP contribution >= 0.6 is 8.25 Å². The zero-order valence-corrected chi connectivity index (χ0v) is 25.3. The van der Waals surface area contributed by atoms with Gasteiger partial charge in [0.1, 0.15) is 0 Å². The summed E-state index contributed by atoms with van der Waals surface area (Å²) in [5.41, 5.74) is 0. The van der Waals surface area contributed by atoms with Crippen molar-refractivity contribution in [2.75, 3.05) is 0 Å². The zero-order valence-electron chi connectivity index (χ0n) is 24.4. The summed E-state index contributed by atoms with van der Waals surface area (Å²) in [6, 6.07) is 0. The van der Waals surface area contributed by atoms with Crippen molar-refractivity contribution in [3.63, 3.8) is 0 Å². The van der Waals surface area contributed by atoms with Crippen molar-refractivity contribution in [1.82, 2.24) is 0 Å². The first-order valence-electron chi connectivity index (χ1n) is 15.9. The van der Waals surface area contributed by atoms with Crippen LogP contribution in [-0.4, -0.2) is 0 Å². The smallest absolute Gasteiger partial charge is 0.231 e. The normalized spacial score (nSPS) is 11.6. The van der Waals surface area contributed by atoms with E-state index >= 15 is 0 Å². The summed E-state index contributed by atoms with van der Waals surface area (Å²) < 4.78 is 22.0. The molecule has 0 aliphatic carbocycles. The second-order valence-electron chi connectivity index (χ2n) is 10.5. The van der Waals surface area contributed by atoms with Gasteiger partial charge in [-0.15, -0.1) is 0 Å². The molecule has 0 aromatic carbocycles. The van der Waals surface area contributed by atoms with Gasteiger partial charge in [0.05, 0.1) is 0 Å². The van der Waals surface area contributed by atoms with E-state index < -0.39 is 8.25 Å². The van der Waals surface area contributed by atoms with Gasteiger partial charge in [-0.05, 0) is 37.8 Å². The van der Waals surface area contributed by atoms with Gasteiger partial charge in [-0.3, -0.25) is 0 Å². The molecule has 0 aromatic heterocycles. The Balaban J connectivity index is 3.29. The van der Waals surface area contributed by atoms with Gasteiger partial charge in [0.2, 0.25) is 0 Å². The van der Waals surface area contributed by atoms with Crippen molar-refractivity contribution in [3.05, 3.63) is 24.7 Å². The van der Waals surface area contributed by atoms with Crippen LogP contribution in [0.4, 0.5) is 0 Å². The van der Waals surface area contributed by atoms with E-state index in [-0.39, 0.29) is 0 Å². The molecule has 212 valence electrons. The highest BCUT2D eigenvalue weighted by Crippen LogP contribution is 2.24. The van der Waals surface area contributed by atoms with Gasteiger partial charge in [-0.25, -0.2) is 9.05 Å². The first kappa shape index (κ1) is 35.2. The first-order valence-corrected chi connectivity index (χ1v) is 17.0. The summed E-state index contributed by atoms with van der Waals surface area (Å²) in [7, 11) is -2.09. The molecule has 0 fully saturated rings. The summed E-state index contributed by atoms with van der Waals surface area (Å²) in [5, 5.41) is 0. The summed E-state index contributed by atoms with van der Waals surface area (Å²) in [4.78, 5) is 0. The van der Waals surface area contributed by atoms with E-state index in [1.54, 1.807) is 0 Å². The van der Waals surface area contributed by atoms with Crippen LogP contribution < -0.4 is 0 Å². The Morgan fingerprint density at radius 3 is 0.944 bits per heavy atom. The van der Waals surface area contributed by atoms with Crippen LogP contribution in [0.25, 0.3) is 0 Å². The molecule has 0 heterocycles. The molecule has 4 heteroatoms. The molecule has 3 nitrogen and oxygen atoms in total. The molecule has 36 heavy (non-hydrogen) atoms. The summed E-state index contributed by atoms with van der Waals surface area (Å²) in [6.45, 7) is 4.55. The van der Waals surface area contributed by atoms with E-state index in [1.807, 2.05) is 12.2 Å². The lowest BCUT2D eigenvalue weighted by Crippen LogP contribution is -1.82. The fourth-order valence-electron chi connectivity index (χ4n) is 4.55. The van der Waals surface area contributed by atoms with Crippen LogP contribution in [0.3, 0.4) is 0 Å². The van der Waals surface area contributed by atoms with Gasteiger partial charge in [0.25, 0.3) is 0 Å². The van der Waals surface area contributed by atoms with Crippen molar-refractivity contribution in [2.24, 2.45) is 0 Å². The van der Waals surface area contributed by atoms with Gasteiger partial charge < -0.3 is 0 Å². The number of hydrogen-bond acceptors (Lipinski definition) is 3. The first-order chi connectivity index (χ1) is 17.8. The molecule has 0 aliphatic rings. The van der Waals surface area contributed by atoms with E-state index in [4.69, 9.17) is 9.05 Å². The third-order valence-electron chi connectivity index (χ3n) is 6.93. The topological polar surface area (TPSA) is 35.5 Å². The average Bonchev–Trinajstić information content (AvgIpc) is 2.88. The van der Waals surface area contributed by atoms with Crippen LogP contribution in [0.5, 0.6) is 0 Å². The Labute approximate surface area is 227 Å². The number of unbranched alkanes of at least 4 members (excludes halogenated alkanes) is 24. The Bertz CT molecular complexity index is 448. The monoisotopic (exact) mass is 525 g/mol. The van der Waals surface area contributed by atoms with E-state index in [2.05, 4.69) is 13.8 Å². The van der Waals surface area contributed by atoms with Crippen LogP contribution in [-0.2, 0) is 13.6 Å². The molecule has 0 bridgehead atoms. The largest absolute Gasteiger partial charge is 0.804 e. The Hall–Kier alpha value is -0.820. The van der Waals surface area contributed by atoms with E-state index in [9.17, 15) is 4.57 Å². The zero-order chi connectivity index (χ0) is 26.2. The second-order valence-corrected chi connectivity index (χ2v) is 11.4. The Kier molecular flexibility index (Phi) is 31.5. The maximum atomic E-state index is 11.7. The Morgan fingerprint density at radius 1 is 0.417 bits per heavy atom. The molecule has 0 radical (unpaired) electrons. The van der Waals surface area contributed by atoms with Crippen molar-refractivity contribution in [1.29, 1.82) is 0 Å².